The van der Waals surface area contributed by atoms with Crippen molar-refractivity contribution >= 4 is 21.8 Å². The van der Waals surface area contributed by atoms with Crippen molar-refractivity contribution in [2.45, 2.75) is 18.4 Å². The molecule has 0 unspecified atom stereocenters. The number of amides is 2. The minimum absolute atomic E-state index is 0.105. The highest BCUT2D eigenvalue weighted by molar-refractivity contribution is 7.89. The third-order valence-corrected chi connectivity index (χ3v) is 5.35. The van der Waals surface area contributed by atoms with Gasteiger partial charge >= 0.3 is 0 Å². The quantitative estimate of drug-likeness (QED) is 0.838. The van der Waals surface area contributed by atoms with Gasteiger partial charge in [0.05, 0.1) is 22.6 Å². The molecule has 0 fully saturated rings. The highest BCUT2D eigenvalue weighted by atomic mass is 32.2. The van der Waals surface area contributed by atoms with E-state index in [0.29, 0.717) is 23.2 Å². The molecular formula is C17H16N2O4S. The number of hydrogen-bond donors (Lipinski definition) is 1. The topological polar surface area (TPSA) is 83.6 Å². The molecule has 24 heavy (non-hydrogen) atoms. The average Bonchev–Trinajstić information content (AvgIpc) is 2.81. The van der Waals surface area contributed by atoms with E-state index in [0.717, 1.165) is 0 Å². The number of benzene rings is 2. The Morgan fingerprint density at radius 1 is 0.917 bits per heavy atom. The van der Waals surface area contributed by atoms with E-state index in [2.05, 4.69) is 4.72 Å². The van der Waals surface area contributed by atoms with Crippen molar-refractivity contribution in [3.8, 4) is 0 Å². The molecule has 0 bridgehead atoms. The van der Waals surface area contributed by atoms with Crippen LogP contribution in [0.1, 0.15) is 33.2 Å². The van der Waals surface area contributed by atoms with Gasteiger partial charge in [-0.15, -0.1) is 0 Å². The number of carbonyl (C=O) groups excluding carboxylic acids is 2. The molecule has 1 aliphatic heterocycles. The van der Waals surface area contributed by atoms with E-state index in [1.807, 2.05) is 0 Å². The second-order valence-corrected chi connectivity index (χ2v) is 7.15. The molecule has 0 aromatic heterocycles. The molecule has 1 heterocycles. The summed E-state index contributed by atoms with van der Waals surface area (Å²) in [6.45, 7) is 2.11. The highest BCUT2D eigenvalue weighted by Crippen LogP contribution is 2.24. The maximum Gasteiger partial charge on any atom is 0.261 e. The van der Waals surface area contributed by atoms with Gasteiger partial charge in [-0.3, -0.25) is 14.5 Å². The number of nitrogens with zero attached hydrogens (tertiary/aromatic N) is 1. The van der Waals surface area contributed by atoms with Crippen LogP contribution in [0.25, 0.3) is 0 Å². The predicted molar refractivity (Wildman–Crippen MR) is 88.0 cm³/mol. The van der Waals surface area contributed by atoms with Gasteiger partial charge in [0.15, 0.2) is 0 Å². The van der Waals surface area contributed by atoms with Gasteiger partial charge in [0, 0.05) is 6.54 Å². The van der Waals surface area contributed by atoms with E-state index < -0.39 is 10.0 Å². The molecule has 3 rings (SSSR count). The number of fused-ring (bicyclic) bond motifs is 1. The maximum absolute atomic E-state index is 12.3. The Morgan fingerprint density at radius 2 is 1.46 bits per heavy atom. The van der Waals surface area contributed by atoms with Gasteiger partial charge in [-0.2, -0.15) is 0 Å². The fourth-order valence-electron chi connectivity index (χ4n) is 2.61. The van der Waals surface area contributed by atoms with E-state index in [1.165, 1.54) is 17.0 Å². The van der Waals surface area contributed by atoms with Gasteiger partial charge in [-0.05, 0) is 29.8 Å². The predicted octanol–water partition coefficient (Wildman–Crippen LogP) is 1.78. The van der Waals surface area contributed by atoms with Crippen LogP contribution in [0.5, 0.6) is 0 Å². The summed E-state index contributed by atoms with van der Waals surface area (Å²) in [6.07, 6.45) is 0. The van der Waals surface area contributed by atoms with Gasteiger partial charge in [0.1, 0.15) is 0 Å². The molecule has 1 N–H and O–H groups in total. The fourth-order valence-corrected chi connectivity index (χ4v) is 3.65. The van der Waals surface area contributed by atoms with Crippen LogP contribution in [0.4, 0.5) is 0 Å². The molecular weight excluding hydrogens is 328 g/mol. The van der Waals surface area contributed by atoms with Crippen molar-refractivity contribution in [2.24, 2.45) is 0 Å². The van der Waals surface area contributed by atoms with Crippen molar-refractivity contribution in [2.75, 3.05) is 6.54 Å². The molecule has 0 saturated heterocycles. The second kappa shape index (κ2) is 6.18. The summed E-state index contributed by atoms with van der Waals surface area (Å²) in [5.41, 5.74) is 1.47. The summed E-state index contributed by atoms with van der Waals surface area (Å²) >= 11 is 0. The third-order valence-electron chi connectivity index (χ3n) is 3.79. The van der Waals surface area contributed by atoms with Gasteiger partial charge in [0.2, 0.25) is 10.0 Å². The molecule has 0 spiro atoms. The van der Waals surface area contributed by atoms with Crippen LogP contribution in [0.2, 0.25) is 0 Å². The summed E-state index contributed by atoms with van der Waals surface area (Å²) in [5, 5.41) is 0. The zero-order chi connectivity index (χ0) is 17.3. The van der Waals surface area contributed by atoms with Crippen molar-refractivity contribution in [1.82, 2.24) is 9.62 Å². The largest absolute Gasteiger partial charge is 0.270 e. The fraction of sp³-hybridized carbons (Fsp3) is 0.176. The molecule has 0 radical (unpaired) electrons. The Labute approximate surface area is 140 Å². The Morgan fingerprint density at radius 3 is 1.96 bits per heavy atom. The van der Waals surface area contributed by atoms with E-state index >= 15 is 0 Å². The van der Waals surface area contributed by atoms with Crippen LogP contribution in [0.15, 0.2) is 53.4 Å². The van der Waals surface area contributed by atoms with Crippen LogP contribution in [-0.2, 0) is 16.6 Å². The van der Waals surface area contributed by atoms with E-state index in [9.17, 15) is 18.0 Å². The summed E-state index contributed by atoms with van der Waals surface area (Å²) in [7, 11) is -3.52. The second-order valence-electron chi connectivity index (χ2n) is 5.39. The molecule has 0 aliphatic carbocycles. The lowest BCUT2D eigenvalue weighted by molar-refractivity contribution is 0.0642. The number of nitrogens with one attached hydrogen (secondary N) is 1. The van der Waals surface area contributed by atoms with Crippen LogP contribution in [0, 0.1) is 0 Å². The molecule has 2 amide bonds. The number of hydrogen-bond acceptors (Lipinski definition) is 4. The zero-order valence-corrected chi connectivity index (χ0v) is 13.8. The Balaban J connectivity index is 1.81. The van der Waals surface area contributed by atoms with Crippen molar-refractivity contribution in [1.29, 1.82) is 0 Å². The summed E-state index contributed by atoms with van der Waals surface area (Å²) in [4.78, 5) is 26.0. The van der Waals surface area contributed by atoms with Crippen molar-refractivity contribution in [3.05, 3.63) is 65.2 Å². The third kappa shape index (κ3) is 2.83. The molecule has 7 heteroatoms. The van der Waals surface area contributed by atoms with Crippen LogP contribution in [-0.4, -0.2) is 31.7 Å². The van der Waals surface area contributed by atoms with Crippen molar-refractivity contribution in [3.63, 3.8) is 0 Å². The molecule has 124 valence electrons. The monoisotopic (exact) mass is 344 g/mol. The zero-order valence-electron chi connectivity index (χ0n) is 13.0. The molecule has 0 atom stereocenters. The average molecular weight is 344 g/mol. The van der Waals surface area contributed by atoms with Gasteiger partial charge < -0.3 is 0 Å². The molecule has 0 saturated carbocycles. The highest BCUT2D eigenvalue weighted by Gasteiger charge is 2.34. The smallest absolute Gasteiger partial charge is 0.261 e. The Bertz CT molecular complexity index is 869. The van der Waals surface area contributed by atoms with Crippen LogP contribution in [0.3, 0.4) is 0 Å². The molecule has 2 aromatic carbocycles. The molecule has 6 nitrogen and oxygen atoms in total. The van der Waals surface area contributed by atoms with E-state index in [-0.39, 0.29) is 23.3 Å². The van der Waals surface area contributed by atoms with Crippen molar-refractivity contribution < 1.29 is 18.0 Å². The van der Waals surface area contributed by atoms with Gasteiger partial charge in [0.25, 0.3) is 11.8 Å². The first-order valence-electron chi connectivity index (χ1n) is 7.48. The molecule has 2 aromatic rings. The lowest BCUT2D eigenvalue weighted by atomic mass is 10.1. The first kappa shape index (κ1) is 16.4. The summed E-state index contributed by atoms with van der Waals surface area (Å²) < 4.78 is 26.2. The number of sulfonamides is 1. The Hall–Kier alpha value is -2.51. The lowest BCUT2D eigenvalue weighted by Crippen LogP contribution is -2.29. The molecule has 1 aliphatic rings. The first-order chi connectivity index (χ1) is 11.4. The van der Waals surface area contributed by atoms with Crippen LogP contribution < -0.4 is 4.72 Å². The van der Waals surface area contributed by atoms with E-state index in [4.69, 9.17) is 0 Å². The first-order valence-corrected chi connectivity index (χ1v) is 8.96. The lowest BCUT2D eigenvalue weighted by Gasteiger charge is -2.14. The number of imide groups is 1. The number of carbonyl (C=O) groups is 2. The van der Waals surface area contributed by atoms with Crippen LogP contribution >= 0.6 is 0 Å². The SMILES string of the molecule is CCNS(=O)(=O)c1ccc(CN2C(=O)c3ccccc3C2=O)cc1. The normalized spacial score (nSPS) is 14.1. The minimum Gasteiger partial charge on any atom is -0.270 e. The van der Waals surface area contributed by atoms with Gasteiger partial charge in [-0.1, -0.05) is 31.2 Å². The maximum atomic E-state index is 12.3. The van der Waals surface area contributed by atoms with Gasteiger partial charge in [-0.25, -0.2) is 13.1 Å². The number of rotatable bonds is 5. The summed E-state index contributed by atoms with van der Waals surface area (Å²) in [6, 6.07) is 12.8. The summed E-state index contributed by atoms with van der Waals surface area (Å²) in [5.74, 6) is -0.667. The van der Waals surface area contributed by atoms with E-state index in [1.54, 1.807) is 43.3 Å². The minimum atomic E-state index is -3.52. The Kier molecular flexibility index (Phi) is 4.21. The standard InChI is InChI=1S/C17H16N2O4S/c1-2-18-24(22,23)13-9-7-12(8-10-13)11-19-16(20)14-5-3-4-6-15(14)17(19)21/h3-10,18H,2,11H2,1H3.